The highest BCUT2D eigenvalue weighted by molar-refractivity contribution is 9.10. The zero-order valence-corrected chi connectivity index (χ0v) is 13.4. The van der Waals surface area contributed by atoms with E-state index >= 15 is 0 Å². The minimum absolute atomic E-state index is 0.0329. The minimum atomic E-state index is -3.45. The van der Waals surface area contributed by atoms with Gasteiger partial charge in [0.05, 0.1) is 11.0 Å². The second kappa shape index (κ2) is 5.52. The normalized spacial score (nSPS) is 22.6. The second-order valence-corrected chi connectivity index (χ2v) is 7.88. The highest BCUT2D eigenvalue weighted by atomic mass is 79.9. The summed E-state index contributed by atoms with van der Waals surface area (Å²) in [6.07, 6.45) is 0.248. The van der Waals surface area contributed by atoms with Crippen LogP contribution in [-0.4, -0.2) is 37.0 Å². The molecule has 0 amide bonds. The van der Waals surface area contributed by atoms with Gasteiger partial charge in [-0.3, -0.25) is 0 Å². The zero-order chi connectivity index (χ0) is 14.2. The predicted octanol–water partition coefficient (Wildman–Crippen LogP) is 2.15. The maximum atomic E-state index is 12.6. The Kier molecular flexibility index (Phi) is 4.35. The number of aliphatic hydroxyl groups is 1. The fourth-order valence-corrected chi connectivity index (χ4v) is 4.60. The number of hydrogen-bond donors (Lipinski definition) is 1. The average molecular weight is 348 g/mol. The average Bonchev–Trinajstić information content (AvgIpc) is 2.78. The van der Waals surface area contributed by atoms with Crippen molar-refractivity contribution in [3.05, 3.63) is 28.2 Å². The Morgan fingerprint density at radius 1 is 1.47 bits per heavy atom. The van der Waals surface area contributed by atoms with Crippen molar-refractivity contribution in [2.45, 2.75) is 31.3 Å². The Morgan fingerprint density at radius 3 is 2.68 bits per heavy atom. The van der Waals surface area contributed by atoms with Crippen LogP contribution in [0.1, 0.15) is 18.9 Å². The number of hydrogen-bond acceptors (Lipinski definition) is 3. The lowest BCUT2D eigenvalue weighted by molar-refractivity contribution is 0.133. The number of aliphatic hydroxyl groups excluding tert-OH is 1. The van der Waals surface area contributed by atoms with E-state index in [1.54, 1.807) is 32.0 Å². The summed E-state index contributed by atoms with van der Waals surface area (Å²) in [5.41, 5.74) is 0.731. The van der Waals surface area contributed by atoms with Crippen molar-refractivity contribution >= 4 is 26.0 Å². The van der Waals surface area contributed by atoms with E-state index in [1.807, 2.05) is 0 Å². The van der Waals surface area contributed by atoms with Crippen LogP contribution < -0.4 is 0 Å². The lowest BCUT2D eigenvalue weighted by Crippen LogP contribution is -2.31. The summed E-state index contributed by atoms with van der Waals surface area (Å²) in [7, 11) is -3.45. The van der Waals surface area contributed by atoms with Crippen molar-refractivity contribution < 1.29 is 13.5 Å². The number of sulfonamides is 1. The first kappa shape index (κ1) is 15.0. The van der Waals surface area contributed by atoms with Crippen molar-refractivity contribution in [1.29, 1.82) is 0 Å². The van der Waals surface area contributed by atoms with Crippen LogP contribution in [0.2, 0.25) is 0 Å². The van der Waals surface area contributed by atoms with Gasteiger partial charge in [0.1, 0.15) is 0 Å². The van der Waals surface area contributed by atoms with Crippen molar-refractivity contribution in [2.75, 3.05) is 13.1 Å². The predicted molar refractivity (Wildman–Crippen MR) is 77.4 cm³/mol. The number of nitrogens with zero attached hydrogens (tertiary/aromatic N) is 1. The molecule has 0 aromatic heterocycles. The molecule has 1 heterocycles. The Balaban J connectivity index is 2.29. The molecule has 106 valence electrons. The van der Waals surface area contributed by atoms with Crippen LogP contribution in [0.3, 0.4) is 0 Å². The molecule has 2 rings (SSSR count). The van der Waals surface area contributed by atoms with E-state index in [0.29, 0.717) is 24.4 Å². The van der Waals surface area contributed by atoms with Crippen molar-refractivity contribution in [3.8, 4) is 0 Å². The van der Waals surface area contributed by atoms with Crippen LogP contribution in [0, 0.1) is 12.8 Å². The molecule has 1 aliphatic rings. The molecule has 2 atom stereocenters. The van der Waals surface area contributed by atoms with Crippen molar-refractivity contribution in [1.82, 2.24) is 4.31 Å². The van der Waals surface area contributed by atoms with Gasteiger partial charge in [0.25, 0.3) is 0 Å². The number of aryl methyl sites for hydroxylation is 1. The van der Waals surface area contributed by atoms with Gasteiger partial charge in [0.2, 0.25) is 10.0 Å². The Morgan fingerprint density at radius 2 is 2.16 bits per heavy atom. The molecule has 0 unspecified atom stereocenters. The summed E-state index contributed by atoms with van der Waals surface area (Å²) in [6, 6.07) is 5.17. The molecule has 19 heavy (non-hydrogen) atoms. The first-order chi connectivity index (χ1) is 8.82. The van der Waals surface area contributed by atoms with Gasteiger partial charge in [-0.1, -0.05) is 15.9 Å². The molecular formula is C13H18BrNO3S. The Labute approximate surface area is 122 Å². The van der Waals surface area contributed by atoms with E-state index in [2.05, 4.69) is 15.9 Å². The van der Waals surface area contributed by atoms with Gasteiger partial charge in [-0.15, -0.1) is 0 Å². The highest BCUT2D eigenvalue weighted by Crippen LogP contribution is 2.28. The van der Waals surface area contributed by atoms with Crippen LogP contribution in [0.25, 0.3) is 0 Å². The third kappa shape index (κ3) is 3.02. The summed E-state index contributed by atoms with van der Waals surface area (Å²) in [4.78, 5) is 0.349. The number of halogens is 1. The lowest BCUT2D eigenvalue weighted by Gasteiger charge is -2.19. The van der Waals surface area contributed by atoms with Crippen molar-refractivity contribution in [3.63, 3.8) is 0 Å². The molecule has 0 spiro atoms. The monoisotopic (exact) mass is 347 g/mol. The standard InChI is InChI=1S/C13H18BrNO3S/c1-9-7-12(14)3-4-13(9)19(17,18)15-6-5-11(8-15)10(2)16/h3-4,7,10-11,16H,5-6,8H2,1-2H3/t10-,11+/m1/s1. The first-order valence-electron chi connectivity index (χ1n) is 6.26. The topological polar surface area (TPSA) is 57.6 Å². The summed E-state index contributed by atoms with van der Waals surface area (Å²) in [5.74, 6) is 0.0329. The quantitative estimate of drug-likeness (QED) is 0.911. The Hall–Kier alpha value is -0.430. The molecule has 0 aliphatic carbocycles. The smallest absolute Gasteiger partial charge is 0.243 e. The van der Waals surface area contributed by atoms with Gasteiger partial charge in [-0.25, -0.2) is 8.42 Å². The van der Waals surface area contributed by atoms with Gasteiger partial charge < -0.3 is 5.11 Å². The highest BCUT2D eigenvalue weighted by Gasteiger charge is 2.34. The first-order valence-corrected chi connectivity index (χ1v) is 8.50. The molecule has 1 fully saturated rings. The van der Waals surface area contributed by atoms with Gasteiger partial charge in [-0.05, 0) is 49.9 Å². The minimum Gasteiger partial charge on any atom is -0.393 e. The molecular weight excluding hydrogens is 330 g/mol. The van der Waals surface area contributed by atoms with E-state index in [4.69, 9.17) is 0 Å². The molecule has 1 N–H and O–H groups in total. The Bertz CT molecular complexity index is 571. The molecule has 1 aromatic carbocycles. The van der Waals surface area contributed by atoms with Gasteiger partial charge in [0, 0.05) is 17.6 Å². The third-order valence-electron chi connectivity index (χ3n) is 3.62. The van der Waals surface area contributed by atoms with Crippen LogP contribution in [0.4, 0.5) is 0 Å². The van der Waals surface area contributed by atoms with E-state index in [0.717, 1.165) is 10.0 Å². The fourth-order valence-electron chi connectivity index (χ4n) is 2.41. The van der Waals surface area contributed by atoms with Crippen LogP contribution in [-0.2, 0) is 10.0 Å². The molecule has 4 nitrogen and oxygen atoms in total. The lowest BCUT2D eigenvalue weighted by atomic mass is 10.0. The summed E-state index contributed by atoms with van der Waals surface area (Å²) >= 11 is 3.33. The largest absolute Gasteiger partial charge is 0.393 e. The number of benzene rings is 1. The number of rotatable bonds is 3. The van der Waals surface area contributed by atoms with Gasteiger partial charge in [-0.2, -0.15) is 4.31 Å². The third-order valence-corrected chi connectivity index (χ3v) is 6.14. The summed E-state index contributed by atoms with van der Waals surface area (Å²) in [6.45, 7) is 4.38. The van der Waals surface area contributed by atoms with Gasteiger partial charge in [0.15, 0.2) is 0 Å². The van der Waals surface area contributed by atoms with E-state index in [1.165, 1.54) is 4.31 Å². The zero-order valence-electron chi connectivity index (χ0n) is 11.0. The SMILES string of the molecule is Cc1cc(Br)ccc1S(=O)(=O)N1CC[C@H]([C@@H](C)O)C1. The van der Waals surface area contributed by atoms with Crippen LogP contribution in [0.5, 0.6) is 0 Å². The molecule has 1 saturated heterocycles. The molecule has 0 saturated carbocycles. The fraction of sp³-hybridized carbons (Fsp3) is 0.538. The molecule has 0 radical (unpaired) electrons. The van der Waals surface area contributed by atoms with Crippen molar-refractivity contribution in [2.24, 2.45) is 5.92 Å². The maximum absolute atomic E-state index is 12.6. The van der Waals surface area contributed by atoms with Crippen LogP contribution >= 0.6 is 15.9 Å². The second-order valence-electron chi connectivity index (χ2n) is 5.06. The maximum Gasteiger partial charge on any atom is 0.243 e. The van der Waals surface area contributed by atoms with E-state index in [-0.39, 0.29) is 5.92 Å². The van der Waals surface area contributed by atoms with Crippen LogP contribution in [0.15, 0.2) is 27.6 Å². The molecule has 0 bridgehead atoms. The molecule has 1 aromatic rings. The molecule has 1 aliphatic heterocycles. The van der Waals surface area contributed by atoms with E-state index < -0.39 is 16.1 Å². The summed E-state index contributed by atoms with van der Waals surface area (Å²) < 4.78 is 27.5. The van der Waals surface area contributed by atoms with E-state index in [9.17, 15) is 13.5 Å². The molecule has 6 heteroatoms. The summed E-state index contributed by atoms with van der Waals surface area (Å²) in [5, 5.41) is 9.57. The van der Waals surface area contributed by atoms with Gasteiger partial charge >= 0.3 is 0 Å².